The van der Waals surface area contributed by atoms with Crippen LogP contribution in [0.3, 0.4) is 0 Å². The molecule has 1 aliphatic heterocycles. The summed E-state index contributed by atoms with van der Waals surface area (Å²) in [4.78, 5) is 15.4. The number of hydrogen-bond donors (Lipinski definition) is 1. The minimum absolute atomic E-state index is 0.324. The summed E-state index contributed by atoms with van der Waals surface area (Å²) in [6.07, 6.45) is 2.09. The molecule has 2 rings (SSSR count). The smallest absolute Gasteiger partial charge is 0.278 e. The first-order valence-corrected chi connectivity index (χ1v) is 10.6. The van der Waals surface area contributed by atoms with Crippen molar-refractivity contribution in [2.24, 2.45) is 11.8 Å². The summed E-state index contributed by atoms with van der Waals surface area (Å²) in [6, 6.07) is 11.4. The maximum atomic E-state index is 13.2. The van der Waals surface area contributed by atoms with Gasteiger partial charge in [0.15, 0.2) is 6.54 Å². The Balaban J connectivity index is 2.21. The Morgan fingerprint density at radius 1 is 1.19 bits per heavy atom. The zero-order valence-corrected chi connectivity index (χ0v) is 18.2. The first kappa shape index (κ1) is 21.9. The van der Waals surface area contributed by atoms with Crippen molar-refractivity contribution in [1.29, 1.82) is 0 Å². The van der Waals surface area contributed by atoms with E-state index in [4.69, 9.17) is 0 Å². The molecule has 3 unspecified atom stereocenters. The van der Waals surface area contributed by atoms with Gasteiger partial charge in [-0.15, -0.1) is 0 Å². The van der Waals surface area contributed by atoms with Gasteiger partial charge in [0, 0.05) is 19.5 Å². The van der Waals surface area contributed by atoms with Crippen LogP contribution in [-0.2, 0) is 11.2 Å². The van der Waals surface area contributed by atoms with Gasteiger partial charge >= 0.3 is 0 Å². The van der Waals surface area contributed by atoms with E-state index >= 15 is 0 Å². The van der Waals surface area contributed by atoms with Crippen LogP contribution in [-0.4, -0.2) is 67.6 Å². The highest BCUT2D eigenvalue weighted by Gasteiger charge is 2.45. The van der Waals surface area contributed by atoms with Crippen molar-refractivity contribution in [3.63, 3.8) is 0 Å². The zero-order chi connectivity index (χ0) is 20.0. The predicted octanol–water partition coefficient (Wildman–Crippen LogP) is 3.18. The molecule has 0 aromatic heterocycles. The number of piperazine rings is 1. The number of nitrogens with zero attached hydrogens (tertiary/aromatic N) is 2. The van der Waals surface area contributed by atoms with Gasteiger partial charge in [-0.1, -0.05) is 58.0 Å². The number of amides is 1. The standard InChI is InChI=1S/C23H40N3O/c1-18(2)12-13-25-22(19(3)4)16-26(6,17-23(25)27)21(15-24-5)14-20-10-8-7-9-11-20/h7-11,18-19,21-22,24H,12-17H2,1-6H3/q+1. The lowest BCUT2D eigenvalue weighted by Gasteiger charge is -2.51. The molecule has 0 bridgehead atoms. The van der Waals surface area contributed by atoms with Gasteiger partial charge in [-0.3, -0.25) is 4.79 Å². The fourth-order valence-corrected chi connectivity index (χ4v) is 4.35. The summed E-state index contributed by atoms with van der Waals surface area (Å²) in [5, 5.41) is 3.38. The Kier molecular flexibility index (Phi) is 7.87. The highest BCUT2D eigenvalue weighted by Crippen LogP contribution is 2.27. The first-order chi connectivity index (χ1) is 12.8. The van der Waals surface area contributed by atoms with Crippen molar-refractivity contribution in [3.05, 3.63) is 35.9 Å². The van der Waals surface area contributed by atoms with Crippen LogP contribution < -0.4 is 5.32 Å². The van der Waals surface area contributed by atoms with E-state index in [-0.39, 0.29) is 0 Å². The zero-order valence-electron chi connectivity index (χ0n) is 18.2. The number of rotatable bonds is 9. The van der Waals surface area contributed by atoms with E-state index < -0.39 is 0 Å². The normalized spacial score (nSPS) is 24.7. The molecule has 1 aromatic carbocycles. The summed E-state index contributed by atoms with van der Waals surface area (Å²) >= 11 is 0. The van der Waals surface area contributed by atoms with E-state index in [1.165, 1.54) is 5.56 Å². The fourth-order valence-electron chi connectivity index (χ4n) is 4.35. The molecule has 4 heteroatoms. The minimum Gasteiger partial charge on any atom is -0.329 e. The van der Waals surface area contributed by atoms with Gasteiger partial charge in [0.2, 0.25) is 0 Å². The predicted molar refractivity (Wildman–Crippen MR) is 114 cm³/mol. The molecular weight excluding hydrogens is 334 g/mol. The van der Waals surface area contributed by atoms with Gasteiger partial charge in [-0.05, 0) is 30.9 Å². The maximum absolute atomic E-state index is 13.2. The highest BCUT2D eigenvalue weighted by molar-refractivity contribution is 5.78. The van der Waals surface area contributed by atoms with Gasteiger partial charge in [-0.25, -0.2) is 0 Å². The number of hydrogen-bond acceptors (Lipinski definition) is 2. The third-order valence-electron chi connectivity index (χ3n) is 6.17. The fraction of sp³-hybridized carbons (Fsp3) is 0.696. The molecule has 1 heterocycles. The lowest BCUT2D eigenvalue weighted by molar-refractivity contribution is -0.930. The topological polar surface area (TPSA) is 32.3 Å². The number of benzene rings is 1. The number of nitrogens with one attached hydrogen (secondary N) is 1. The summed E-state index contributed by atoms with van der Waals surface area (Å²) in [5.74, 6) is 1.44. The molecule has 0 aliphatic carbocycles. The molecule has 1 amide bonds. The average Bonchev–Trinajstić information content (AvgIpc) is 2.60. The molecule has 0 saturated carbocycles. The van der Waals surface area contributed by atoms with E-state index in [2.05, 4.69) is 75.3 Å². The van der Waals surface area contributed by atoms with Crippen LogP contribution in [0.4, 0.5) is 0 Å². The highest BCUT2D eigenvalue weighted by atomic mass is 16.2. The molecule has 3 atom stereocenters. The van der Waals surface area contributed by atoms with Crippen LogP contribution in [0.2, 0.25) is 0 Å². The molecule has 1 saturated heterocycles. The van der Waals surface area contributed by atoms with Crippen molar-refractivity contribution in [3.8, 4) is 0 Å². The maximum Gasteiger partial charge on any atom is 0.278 e. The third-order valence-corrected chi connectivity index (χ3v) is 6.17. The van der Waals surface area contributed by atoms with Crippen molar-refractivity contribution < 1.29 is 9.28 Å². The van der Waals surface area contributed by atoms with E-state index in [9.17, 15) is 4.79 Å². The van der Waals surface area contributed by atoms with Crippen LogP contribution in [0.1, 0.15) is 39.7 Å². The van der Waals surface area contributed by atoms with E-state index in [0.717, 1.165) is 37.0 Å². The third kappa shape index (κ3) is 5.79. The SMILES string of the molecule is CNCC(Cc1ccccc1)[N+]1(C)CC(=O)N(CCC(C)C)C(C(C)C)C1. The second kappa shape index (κ2) is 9.70. The van der Waals surface area contributed by atoms with Gasteiger partial charge in [-0.2, -0.15) is 0 Å². The molecule has 1 aromatic rings. The molecule has 1 N–H and O–H groups in total. The first-order valence-electron chi connectivity index (χ1n) is 10.6. The lowest BCUT2D eigenvalue weighted by atomic mass is 9.93. The molecule has 1 aliphatic rings. The number of carbonyl (C=O) groups is 1. The summed E-state index contributed by atoms with van der Waals surface area (Å²) in [6.45, 7) is 12.5. The van der Waals surface area contributed by atoms with Crippen LogP contribution in [0.25, 0.3) is 0 Å². The Labute approximate surface area is 166 Å². The van der Waals surface area contributed by atoms with Crippen LogP contribution in [0.15, 0.2) is 30.3 Å². The Morgan fingerprint density at radius 2 is 1.85 bits per heavy atom. The molecule has 0 spiro atoms. The van der Waals surface area contributed by atoms with Gasteiger partial charge in [0.1, 0.15) is 12.6 Å². The van der Waals surface area contributed by atoms with Gasteiger partial charge < -0.3 is 14.7 Å². The lowest BCUT2D eigenvalue weighted by Crippen LogP contribution is -2.70. The van der Waals surface area contributed by atoms with Crippen molar-refractivity contribution in [2.75, 3.05) is 40.3 Å². The van der Waals surface area contributed by atoms with E-state index in [1.54, 1.807) is 0 Å². The molecular formula is C23H40N3O+. The van der Waals surface area contributed by atoms with E-state index in [0.29, 0.717) is 36.4 Å². The molecule has 152 valence electrons. The van der Waals surface area contributed by atoms with Gasteiger partial charge in [0.05, 0.1) is 13.1 Å². The summed E-state index contributed by atoms with van der Waals surface area (Å²) < 4.78 is 0.829. The second-order valence-corrected chi connectivity index (χ2v) is 9.30. The Hall–Kier alpha value is -1.39. The quantitative estimate of drug-likeness (QED) is 0.673. The van der Waals surface area contributed by atoms with Crippen molar-refractivity contribution >= 4 is 5.91 Å². The van der Waals surface area contributed by atoms with Gasteiger partial charge in [0.25, 0.3) is 5.91 Å². The van der Waals surface area contributed by atoms with Crippen molar-refractivity contribution in [1.82, 2.24) is 10.2 Å². The van der Waals surface area contributed by atoms with Crippen LogP contribution in [0, 0.1) is 11.8 Å². The summed E-state index contributed by atoms with van der Waals surface area (Å²) in [5.41, 5.74) is 1.35. The van der Waals surface area contributed by atoms with Crippen molar-refractivity contribution in [2.45, 2.75) is 52.6 Å². The molecule has 1 fully saturated rings. The number of carbonyl (C=O) groups excluding carboxylic acids is 1. The number of quaternary nitrogens is 1. The Morgan fingerprint density at radius 3 is 2.41 bits per heavy atom. The van der Waals surface area contributed by atoms with Crippen LogP contribution in [0.5, 0.6) is 0 Å². The van der Waals surface area contributed by atoms with E-state index in [1.807, 2.05) is 7.05 Å². The molecule has 0 radical (unpaired) electrons. The second-order valence-electron chi connectivity index (χ2n) is 9.30. The minimum atomic E-state index is 0.324. The molecule has 27 heavy (non-hydrogen) atoms. The molecule has 4 nitrogen and oxygen atoms in total. The monoisotopic (exact) mass is 374 g/mol. The Bertz CT molecular complexity index is 587. The van der Waals surface area contributed by atoms with Crippen LogP contribution >= 0.6 is 0 Å². The largest absolute Gasteiger partial charge is 0.329 e. The summed E-state index contributed by atoms with van der Waals surface area (Å²) in [7, 11) is 4.31. The average molecular weight is 375 g/mol. The number of likely N-dealkylation sites (N-methyl/N-ethyl adjacent to an activating group) is 2.